The summed E-state index contributed by atoms with van der Waals surface area (Å²) >= 11 is 1.31. The molecule has 0 radical (unpaired) electrons. The molecule has 58 heavy (non-hydrogen) atoms. The quantitative estimate of drug-likeness (QED) is 0.195. The number of nitrogens with zero attached hydrogens (tertiary/aromatic N) is 7. The third kappa shape index (κ3) is 5.06. The van der Waals surface area contributed by atoms with Crippen LogP contribution in [0.2, 0.25) is 0 Å². The Balaban J connectivity index is 1.05. The maximum Gasteiger partial charge on any atom is 0.274 e. The molecule has 3 aromatic heterocycles. The summed E-state index contributed by atoms with van der Waals surface area (Å²) < 4.78 is 6.34. The average Bonchev–Trinajstić information content (AvgIpc) is 3.94. The second-order valence-corrected chi connectivity index (χ2v) is 20.3. The highest BCUT2D eigenvalue weighted by atomic mass is 32.1. The molecule has 14 rings (SSSR count). The molecule has 8 saturated carbocycles. The lowest BCUT2D eigenvalue weighted by molar-refractivity contribution is -0.00778. The molecule has 8 aliphatic carbocycles. The standard InChI is InChI=1S/C48H46N8OS/c49-24-37-41(39-27-55(36-9-5-2-6-10-36)53-43(39)48-21-31-14-32(22-48)16-33(15-31)23-48)38(25-50)46-56(44(37)51)45(57)40(58-46)17-34-26-54(35-7-3-1-4-8-35)52-42(34)47-18-28-11-29(19-47)13-30(12-28)20-47/h1-10,17,26-33,41H,11-16,18-23,51H2/b40-17-/t28?,29?,30?,31?,32?,33?,41-,47?,48?/m1/s1. The van der Waals surface area contributed by atoms with Crippen molar-refractivity contribution in [1.82, 2.24) is 24.1 Å². The number of aromatic nitrogens is 5. The zero-order valence-corrected chi connectivity index (χ0v) is 33.4. The van der Waals surface area contributed by atoms with E-state index < -0.39 is 5.92 Å². The van der Waals surface area contributed by atoms with Crippen molar-refractivity contribution in [2.45, 2.75) is 93.8 Å². The van der Waals surface area contributed by atoms with E-state index in [9.17, 15) is 15.3 Å². The van der Waals surface area contributed by atoms with Gasteiger partial charge in [0.2, 0.25) is 0 Å². The lowest BCUT2D eigenvalue weighted by atomic mass is 9.48. The fourth-order valence-corrected chi connectivity index (χ4v) is 15.4. The molecule has 9 aliphatic rings. The SMILES string of the molecule is N#CC1=C(N)n2c(s/c(=C\c3cn(-c4ccccc4)nc3C34CC5CC(CC(C5)C3)C4)c2=O)=C(C#N)[C@@H]1c1cn(-c2ccccc2)nc1C12CC3CC(CC(C3)C1)C2. The van der Waals surface area contributed by atoms with Gasteiger partial charge in [-0.05, 0) is 143 Å². The molecule has 10 heteroatoms. The number of thiazole rings is 1. The number of allylic oxidation sites excluding steroid dienone is 1. The maximum atomic E-state index is 14.7. The Morgan fingerprint density at radius 1 is 0.672 bits per heavy atom. The Morgan fingerprint density at radius 3 is 1.64 bits per heavy atom. The van der Waals surface area contributed by atoms with E-state index in [2.05, 4.69) is 30.5 Å². The summed E-state index contributed by atoms with van der Waals surface area (Å²) in [5.74, 6) is 3.60. The van der Waals surface area contributed by atoms with Crippen LogP contribution in [-0.2, 0) is 10.8 Å². The van der Waals surface area contributed by atoms with Crippen molar-refractivity contribution in [3.63, 3.8) is 0 Å². The van der Waals surface area contributed by atoms with Gasteiger partial charge in [0.25, 0.3) is 5.56 Å². The van der Waals surface area contributed by atoms with Gasteiger partial charge in [-0.25, -0.2) is 9.36 Å². The van der Waals surface area contributed by atoms with E-state index in [1.165, 1.54) is 54.4 Å². The molecule has 8 fully saturated rings. The average molecular weight is 783 g/mol. The molecule has 1 atom stereocenters. The van der Waals surface area contributed by atoms with Gasteiger partial charge in [-0.2, -0.15) is 20.7 Å². The smallest absolute Gasteiger partial charge is 0.274 e. The number of nitriles is 2. The van der Waals surface area contributed by atoms with Crippen LogP contribution in [-0.4, -0.2) is 24.1 Å². The number of benzene rings is 2. The normalized spacial score (nSPS) is 33.1. The van der Waals surface area contributed by atoms with E-state index in [1.54, 1.807) is 0 Å². The third-order valence-electron chi connectivity index (χ3n) is 15.6. The molecule has 2 N–H and O–H groups in total. The largest absolute Gasteiger partial charge is 0.384 e. The predicted octanol–water partition coefficient (Wildman–Crippen LogP) is 7.17. The first-order chi connectivity index (χ1) is 28.3. The van der Waals surface area contributed by atoms with Gasteiger partial charge in [0.15, 0.2) is 0 Å². The zero-order chi connectivity index (χ0) is 38.9. The van der Waals surface area contributed by atoms with Crippen molar-refractivity contribution in [3.05, 3.63) is 121 Å². The van der Waals surface area contributed by atoms with Gasteiger partial charge in [-0.1, -0.05) is 36.4 Å². The number of fused-ring (bicyclic) bond motifs is 1. The molecule has 2 aromatic carbocycles. The minimum atomic E-state index is -0.732. The van der Waals surface area contributed by atoms with Crippen LogP contribution >= 0.6 is 11.3 Å². The summed E-state index contributed by atoms with van der Waals surface area (Å²) in [6.45, 7) is 0. The first kappa shape index (κ1) is 34.6. The topological polar surface area (TPSA) is 131 Å². The monoisotopic (exact) mass is 782 g/mol. The van der Waals surface area contributed by atoms with E-state index in [4.69, 9.17) is 15.9 Å². The van der Waals surface area contributed by atoms with Gasteiger partial charge in [-0.15, -0.1) is 11.3 Å². The summed E-state index contributed by atoms with van der Waals surface area (Å²) in [6.07, 6.45) is 20.6. The first-order valence-corrected chi connectivity index (χ1v) is 22.2. The summed E-state index contributed by atoms with van der Waals surface area (Å²) in [6, 6.07) is 25.3. The molecule has 0 unspecified atom stereocenters. The van der Waals surface area contributed by atoms with Gasteiger partial charge in [-0.3, -0.25) is 9.36 Å². The molecular formula is C48H46N8OS. The molecule has 290 valence electrons. The summed E-state index contributed by atoms with van der Waals surface area (Å²) in [4.78, 5) is 14.7. The highest BCUT2D eigenvalue weighted by Crippen LogP contribution is 2.63. The van der Waals surface area contributed by atoms with E-state index in [-0.39, 0.29) is 27.8 Å². The molecule has 0 amide bonds. The molecule has 9 nitrogen and oxygen atoms in total. The van der Waals surface area contributed by atoms with E-state index in [1.807, 2.05) is 70.2 Å². The third-order valence-corrected chi connectivity index (χ3v) is 16.7. The number of hydrogen-bond donors (Lipinski definition) is 1. The van der Waals surface area contributed by atoms with Crippen LogP contribution in [0.4, 0.5) is 0 Å². The fraction of sp³-hybridized carbons (Fsp3) is 0.438. The van der Waals surface area contributed by atoms with Crippen LogP contribution in [0.3, 0.4) is 0 Å². The van der Waals surface area contributed by atoms with Crippen molar-refractivity contribution in [1.29, 1.82) is 10.5 Å². The Labute approximate surface area is 341 Å². The van der Waals surface area contributed by atoms with Crippen molar-refractivity contribution in [2.24, 2.45) is 41.2 Å². The van der Waals surface area contributed by atoms with Crippen LogP contribution in [0, 0.1) is 58.2 Å². The van der Waals surface area contributed by atoms with Gasteiger partial charge in [0.05, 0.1) is 56.5 Å². The molecule has 5 aromatic rings. The van der Waals surface area contributed by atoms with Gasteiger partial charge in [0, 0.05) is 34.4 Å². The highest BCUT2D eigenvalue weighted by Gasteiger charge is 2.55. The second kappa shape index (κ2) is 12.5. The van der Waals surface area contributed by atoms with Gasteiger partial charge < -0.3 is 5.73 Å². The van der Waals surface area contributed by atoms with Crippen LogP contribution in [0.5, 0.6) is 0 Å². The number of rotatable bonds is 6. The number of nitrogens with two attached hydrogens (primary N) is 1. The van der Waals surface area contributed by atoms with Crippen molar-refractivity contribution >= 4 is 28.8 Å². The number of para-hydroxylation sites is 2. The molecule has 8 bridgehead atoms. The first-order valence-electron chi connectivity index (χ1n) is 21.4. The maximum absolute atomic E-state index is 14.7. The van der Waals surface area contributed by atoms with Crippen LogP contribution in [0.1, 0.15) is 105 Å². The minimum absolute atomic E-state index is 0.0117. The van der Waals surface area contributed by atoms with Crippen molar-refractivity contribution < 1.29 is 0 Å². The molecular weight excluding hydrogens is 737 g/mol. The lowest BCUT2D eigenvalue weighted by Gasteiger charge is -2.56. The second-order valence-electron chi connectivity index (χ2n) is 19.2. The number of hydrogen-bond acceptors (Lipinski definition) is 7. The fourth-order valence-electron chi connectivity index (χ4n) is 14.2. The summed E-state index contributed by atoms with van der Waals surface area (Å²) in [7, 11) is 0. The molecule has 4 heterocycles. The minimum Gasteiger partial charge on any atom is -0.384 e. The molecule has 0 spiro atoms. The van der Waals surface area contributed by atoms with Crippen LogP contribution in [0.15, 0.2) is 83.4 Å². The van der Waals surface area contributed by atoms with Gasteiger partial charge in [0.1, 0.15) is 10.5 Å². The molecule has 1 aliphatic heterocycles. The van der Waals surface area contributed by atoms with Crippen LogP contribution < -0.4 is 20.5 Å². The van der Waals surface area contributed by atoms with E-state index in [0.29, 0.717) is 32.5 Å². The van der Waals surface area contributed by atoms with E-state index >= 15 is 0 Å². The van der Waals surface area contributed by atoms with Crippen LogP contribution in [0.25, 0.3) is 28.8 Å². The Bertz CT molecular complexity index is 2750. The summed E-state index contributed by atoms with van der Waals surface area (Å²) in [5, 5.41) is 32.9. The molecule has 0 saturated heterocycles. The predicted molar refractivity (Wildman–Crippen MR) is 223 cm³/mol. The Kier molecular flexibility index (Phi) is 7.47. The van der Waals surface area contributed by atoms with Gasteiger partial charge >= 0.3 is 0 Å². The highest BCUT2D eigenvalue weighted by molar-refractivity contribution is 7.07. The van der Waals surface area contributed by atoms with E-state index in [0.717, 1.165) is 90.2 Å². The van der Waals surface area contributed by atoms with Crippen molar-refractivity contribution in [3.8, 4) is 23.5 Å². The lowest BCUT2D eigenvalue weighted by Crippen LogP contribution is -2.49. The Hall–Kier alpha value is -5.45. The summed E-state index contributed by atoms with van der Waals surface area (Å²) in [5.41, 5.74) is 13.0. The Morgan fingerprint density at radius 2 is 1.14 bits per heavy atom. The van der Waals surface area contributed by atoms with Crippen molar-refractivity contribution in [2.75, 3.05) is 0 Å². The zero-order valence-electron chi connectivity index (χ0n) is 32.6.